The summed E-state index contributed by atoms with van der Waals surface area (Å²) in [5, 5.41) is 6.89. The van der Waals surface area contributed by atoms with E-state index >= 15 is 0 Å². The molecule has 152 valence electrons. The van der Waals surface area contributed by atoms with Crippen LogP contribution in [0.3, 0.4) is 0 Å². The second-order valence-corrected chi connectivity index (χ2v) is 4.76. The molecule has 9 heteroatoms. The lowest BCUT2D eigenvalue weighted by molar-refractivity contribution is -0.122. The van der Waals surface area contributed by atoms with E-state index < -0.39 is 0 Å². The molecule has 9 nitrogen and oxygen atoms in total. The van der Waals surface area contributed by atoms with Crippen LogP contribution in [0.5, 0.6) is 0 Å². The molecular formula is C16H35NO8. The first-order chi connectivity index (χ1) is 12.3. The molecule has 0 saturated carbocycles. The second kappa shape index (κ2) is 25.4. The standard InChI is InChI=1S/C15H33NO6.CH2O2/c1-17-10-13-20-7-4-16(5-8-21-14-11-18-2)6-9-22-15-12-19-3;2-1-3/h4-15H2,1-3H3;1H,(H,2,3). The van der Waals surface area contributed by atoms with E-state index in [2.05, 4.69) is 4.90 Å². The van der Waals surface area contributed by atoms with Gasteiger partial charge in [-0.1, -0.05) is 0 Å². The fourth-order valence-electron chi connectivity index (χ4n) is 1.65. The van der Waals surface area contributed by atoms with Gasteiger partial charge in [-0.05, 0) is 0 Å². The molecule has 0 rings (SSSR count). The van der Waals surface area contributed by atoms with E-state index in [1.54, 1.807) is 21.3 Å². The summed E-state index contributed by atoms with van der Waals surface area (Å²) in [6.07, 6.45) is 0. The zero-order valence-corrected chi connectivity index (χ0v) is 15.8. The van der Waals surface area contributed by atoms with Crippen molar-refractivity contribution >= 4 is 6.47 Å². The highest BCUT2D eigenvalue weighted by Gasteiger charge is 2.05. The molecule has 0 spiro atoms. The predicted octanol–water partition coefficient (Wildman–Crippen LogP) is -0.0218. The molecule has 25 heavy (non-hydrogen) atoms. The molecule has 0 aliphatic carbocycles. The van der Waals surface area contributed by atoms with Crippen LogP contribution in [0.25, 0.3) is 0 Å². The Morgan fingerprint density at radius 1 is 0.640 bits per heavy atom. The van der Waals surface area contributed by atoms with E-state index in [9.17, 15) is 0 Å². The molecule has 0 aliphatic heterocycles. The molecule has 0 aromatic carbocycles. The molecule has 0 aromatic rings. The molecule has 0 heterocycles. The van der Waals surface area contributed by atoms with Crippen molar-refractivity contribution < 1.29 is 38.3 Å². The first-order valence-corrected chi connectivity index (χ1v) is 8.27. The lowest BCUT2D eigenvalue weighted by Gasteiger charge is -2.22. The Kier molecular flexibility index (Phi) is 26.9. The largest absolute Gasteiger partial charge is 0.483 e. The van der Waals surface area contributed by atoms with Crippen molar-refractivity contribution in [1.82, 2.24) is 4.90 Å². The van der Waals surface area contributed by atoms with E-state index in [1.165, 1.54) is 0 Å². The lowest BCUT2D eigenvalue weighted by atomic mass is 10.4. The molecule has 1 N–H and O–H groups in total. The third-order valence-corrected chi connectivity index (χ3v) is 2.95. The van der Waals surface area contributed by atoms with Gasteiger partial charge in [-0.2, -0.15) is 0 Å². The summed E-state index contributed by atoms with van der Waals surface area (Å²) >= 11 is 0. The zero-order chi connectivity index (χ0) is 19.0. The molecule has 0 aliphatic rings. The first kappa shape index (κ1) is 26.4. The van der Waals surface area contributed by atoms with Crippen molar-refractivity contribution in [2.24, 2.45) is 0 Å². The van der Waals surface area contributed by atoms with Gasteiger partial charge in [0, 0.05) is 41.0 Å². The summed E-state index contributed by atoms with van der Waals surface area (Å²) in [5.41, 5.74) is 0. The first-order valence-electron chi connectivity index (χ1n) is 8.27. The minimum absolute atomic E-state index is 0.250. The Morgan fingerprint density at radius 3 is 1.16 bits per heavy atom. The second-order valence-electron chi connectivity index (χ2n) is 4.76. The number of hydrogen-bond acceptors (Lipinski definition) is 8. The number of ether oxygens (including phenoxy) is 6. The van der Waals surface area contributed by atoms with E-state index in [4.69, 9.17) is 38.3 Å². The van der Waals surface area contributed by atoms with Crippen LogP contribution in [0, 0.1) is 0 Å². The Bertz CT molecular complexity index is 213. The van der Waals surface area contributed by atoms with Crippen LogP contribution in [0.4, 0.5) is 0 Å². The molecule has 0 radical (unpaired) electrons. The van der Waals surface area contributed by atoms with E-state index in [1.807, 2.05) is 0 Å². The highest BCUT2D eigenvalue weighted by Crippen LogP contribution is 1.92. The predicted molar refractivity (Wildman–Crippen MR) is 93.2 cm³/mol. The molecular weight excluding hydrogens is 334 g/mol. The lowest BCUT2D eigenvalue weighted by Crippen LogP contribution is -2.34. The Balaban J connectivity index is 0. The molecule has 0 bridgehead atoms. The minimum Gasteiger partial charge on any atom is -0.483 e. The van der Waals surface area contributed by atoms with Crippen LogP contribution in [0.2, 0.25) is 0 Å². The summed E-state index contributed by atoms with van der Waals surface area (Å²) in [4.78, 5) is 10.6. The molecule has 0 fully saturated rings. The minimum atomic E-state index is -0.250. The van der Waals surface area contributed by atoms with Gasteiger partial charge in [0.2, 0.25) is 0 Å². The molecule has 0 aromatic heterocycles. The highest BCUT2D eigenvalue weighted by molar-refractivity contribution is 5.32. The zero-order valence-electron chi connectivity index (χ0n) is 15.8. The molecule has 0 saturated heterocycles. The van der Waals surface area contributed by atoms with Crippen LogP contribution >= 0.6 is 0 Å². The Labute approximate surface area is 151 Å². The molecule has 0 amide bonds. The van der Waals surface area contributed by atoms with Gasteiger partial charge in [0.15, 0.2) is 0 Å². The van der Waals surface area contributed by atoms with Crippen molar-refractivity contribution in [2.45, 2.75) is 0 Å². The smallest absolute Gasteiger partial charge is 0.290 e. The van der Waals surface area contributed by atoms with E-state index in [0.717, 1.165) is 19.6 Å². The Hall–Kier alpha value is -0.810. The van der Waals surface area contributed by atoms with Gasteiger partial charge in [0.05, 0.1) is 59.5 Å². The molecule has 0 unspecified atom stereocenters. The highest BCUT2D eigenvalue weighted by atomic mass is 16.5. The van der Waals surface area contributed by atoms with Crippen LogP contribution in [-0.4, -0.2) is 117 Å². The van der Waals surface area contributed by atoms with Crippen LogP contribution in [0.1, 0.15) is 0 Å². The summed E-state index contributed by atoms with van der Waals surface area (Å²) in [7, 11) is 5.01. The fraction of sp³-hybridized carbons (Fsp3) is 0.938. The average molecular weight is 369 g/mol. The normalized spacial score (nSPS) is 10.6. The summed E-state index contributed by atoms with van der Waals surface area (Å²) in [5.74, 6) is 0. The summed E-state index contributed by atoms with van der Waals surface area (Å²) in [6.45, 7) is 8.09. The van der Waals surface area contributed by atoms with Gasteiger partial charge in [-0.25, -0.2) is 0 Å². The molecule has 0 atom stereocenters. The van der Waals surface area contributed by atoms with Crippen LogP contribution < -0.4 is 0 Å². The number of nitrogens with zero attached hydrogens (tertiary/aromatic N) is 1. The summed E-state index contributed by atoms with van der Waals surface area (Å²) < 4.78 is 31.4. The average Bonchev–Trinajstić information content (AvgIpc) is 2.61. The number of carboxylic acid groups (broad SMARTS) is 1. The van der Waals surface area contributed by atoms with Gasteiger partial charge < -0.3 is 33.5 Å². The van der Waals surface area contributed by atoms with Gasteiger partial charge in [0.1, 0.15) is 0 Å². The monoisotopic (exact) mass is 369 g/mol. The van der Waals surface area contributed by atoms with Crippen molar-refractivity contribution in [3.63, 3.8) is 0 Å². The van der Waals surface area contributed by atoms with Crippen LogP contribution in [0.15, 0.2) is 0 Å². The quantitative estimate of drug-likeness (QED) is 0.264. The van der Waals surface area contributed by atoms with Gasteiger partial charge >= 0.3 is 0 Å². The van der Waals surface area contributed by atoms with Crippen molar-refractivity contribution in [3.8, 4) is 0 Å². The maximum atomic E-state index is 8.36. The number of carbonyl (C=O) groups is 1. The van der Waals surface area contributed by atoms with Gasteiger partial charge in [-0.15, -0.1) is 0 Å². The van der Waals surface area contributed by atoms with Gasteiger partial charge in [0.25, 0.3) is 6.47 Å². The summed E-state index contributed by atoms with van der Waals surface area (Å²) in [6, 6.07) is 0. The number of hydrogen-bond donors (Lipinski definition) is 1. The van der Waals surface area contributed by atoms with E-state index in [0.29, 0.717) is 59.5 Å². The van der Waals surface area contributed by atoms with E-state index in [-0.39, 0.29) is 6.47 Å². The fourth-order valence-corrected chi connectivity index (χ4v) is 1.65. The Morgan fingerprint density at radius 2 is 0.920 bits per heavy atom. The SMILES string of the molecule is COCCOCCN(CCOCCOC)CCOCCOC.O=CO. The maximum absolute atomic E-state index is 8.36. The maximum Gasteiger partial charge on any atom is 0.290 e. The topological polar surface area (TPSA) is 95.9 Å². The number of methoxy groups -OCH3 is 3. The third-order valence-electron chi connectivity index (χ3n) is 2.95. The third kappa shape index (κ3) is 25.5. The van der Waals surface area contributed by atoms with Crippen molar-refractivity contribution in [1.29, 1.82) is 0 Å². The van der Waals surface area contributed by atoms with Crippen molar-refractivity contribution in [2.75, 3.05) is 100 Å². The van der Waals surface area contributed by atoms with Crippen molar-refractivity contribution in [3.05, 3.63) is 0 Å². The van der Waals surface area contributed by atoms with Crippen LogP contribution in [-0.2, 0) is 33.2 Å². The van der Waals surface area contributed by atoms with Gasteiger partial charge in [-0.3, -0.25) is 9.69 Å². The number of rotatable bonds is 18.